The molecule has 2 nitrogen and oxygen atoms in total. The van der Waals surface area contributed by atoms with Gasteiger partial charge in [0.1, 0.15) is 0 Å². The van der Waals surface area contributed by atoms with Crippen molar-refractivity contribution in [3.63, 3.8) is 0 Å². The van der Waals surface area contributed by atoms with Crippen LogP contribution in [0.15, 0.2) is 0 Å². The van der Waals surface area contributed by atoms with E-state index in [-0.39, 0.29) is 5.41 Å². The summed E-state index contributed by atoms with van der Waals surface area (Å²) in [6.07, 6.45) is 2.43. The molecule has 1 N–H and O–H groups in total. The number of aliphatic hydroxyl groups excluding tert-OH is 1. The van der Waals surface area contributed by atoms with Crippen LogP contribution in [0.25, 0.3) is 0 Å². The first-order chi connectivity index (χ1) is 4.20. The van der Waals surface area contributed by atoms with Crippen LogP contribution < -0.4 is 0 Å². The summed E-state index contributed by atoms with van der Waals surface area (Å²) in [5.74, 6) is 0. The largest absolute Gasteiger partial charge is 0.396 e. The number of methoxy groups -OCH3 is 1. The zero-order chi connectivity index (χ0) is 6.91. The second-order valence-electron chi connectivity index (χ2n) is 3.23. The highest BCUT2D eigenvalue weighted by Crippen LogP contribution is 2.41. The molecule has 0 aromatic heterocycles. The van der Waals surface area contributed by atoms with Crippen LogP contribution >= 0.6 is 0 Å². The van der Waals surface area contributed by atoms with Crippen LogP contribution in [0.5, 0.6) is 0 Å². The lowest BCUT2D eigenvalue weighted by Gasteiger charge is -2.42. The highest BCUT2D eigenvalue weighted by atomic mass is 16.5. The summed E-state index contributed by atoms with van der Waals surface area (Å²) in [6, 6.07) is 0. The van der Waals surface area contributed by atoms with Gasteiger partial charge in [-0.1, -0.05) is 6.92 Å². The van der Waals surface area contributed by atoms with Gasteiger partial charge in [0.25, 0.3) is 0 Å². The van der Waals surface area contributed by atoms with E-state index < -0.39 is 0 Å². The van der Waals surface area contributed by atoms with Gasteiger partial charge in [-0.2, -0.15) is 0 Å². The first-order valence-corrected chi connectivity index (χ1v) is 3.34. The minimum Gasteiger partial charge on any atom is -0.396 e. The van der Waals surface area contributed by atoms with Gasteiger partial charge in [0.2, 0.25) is 0 Å². The Kier molecular flexibility index (Phi) is 1.78. The minimum atomic E-state index is 0.167. The fraction of sp³-hybridized carbons (Fsp3) is 1.00. The summed E-state index contributed by atoms with van der Waals surface area (Å²) >= 11 is 0. The monoisotopic (exact) mass is 130 g/mol. The standard InChI is InChI=1S/C7H14O2/c1-7(5-8)3-6(4-7)9-2/h6,8H,3-5H2,1-2H3. The average molecular weight is 130 g/mol. The molecule has 1 aliphatic rings. The summed E-state index contributed by atoms with van der Waals surface area (Å²) in [5.41, 5.74) is 0.167. The summed E-state index contributed by atoms with van der Waals surface area (Å²) in [4.78, 5) is 0. The van der Waals surface area contributed by atoms with Crippen LogP contribution in [-0.4, -0.2) is 24.9 Å². The maximum absolute atomic E-state index is 8.80. The molecule has 0 spiro atoms. The Balaban J connectivity index is 2.24. The molecular formula is C7H14O2. The molecular weight excluding hydrogens is 116 g/mol. The van der Waals surface area contributed by atoms with Crippen LogP contribution in [0.4, 0.5) is 0 Å². The van der Waals surface area contributed by atoms with E-state index in [0.717, 1.165) is 12.8 Å². The van der Waals surface area contributed by atoms with E-state index in [0.29, 0.717) is 12.7 Å². The third kappa shape index (κ3) is 1.25. The van der Waals surface area contributed by atoms with Crippen LogP contribution in [-0.2, 0) is 4.74 Å². The molecule has 0 heterocycles. The highest BCUT2D eigenvalue weighted by molar-refractivity contribution is 4.90. The zero-order valence-corrected chi connectivity index (χ0v) is 6.05. The first kappa shape index (κ1) is 7.03. The molecule has 9 heavy (non-hydrogen) atoms. The first-order valence-electron chi connectivity index (χ1n) is 3.34. The second-order valence-corrected chi connectivity index (χ2v) is 3.23. The van der Waals surface area contributed by atoms with Crippen LogP contribution in [0.1, 0.15) is 19.8 Å². The number of hydrogen-bond acceptors (Lipinski definition) is 2. The van der Waals surface area contributed by atoms with Crippen LogP contribution in [0, 0.1) is 5.41 Å². The lowest BCUT2D eigenvalue weighted by atomic mass is 9.69. The highest BCUT2D eigenvalue weighted by Gasteiger charge is 2.39. The molecule has 1 aliphatic carbocycles. The fourth-order valence-electron chi connectivity index (χ4n) is 1.34. The fourth-order valence-corrected chi connectivity index (χ4v) is 1.34. The summed E-state index contributed by atoms with van der Waals surface area (Å²) in [7, 11) is 1.72. The Morgan fingerprint density at radius 3 is 2.56 bits per heavy atom. The van der Waals surface area contributed by atoms with Crippen LogP contribution in [0.3, 0.4) is 0 Å². The summed E-state index contributed by atoms with van der Waals surface area (Å²) in [5, 5.41) is 8.80. The molecule has 0 aromatic carbocycles. The van der Waals surface area contributed by atoms with Gasteiger partial charge >= 0.3 is 0 Å². The predicted molar refractivity (Wildman–Crippen MR) is 35.2 cm³/mol. The van der Waals surface area contributed by atoms with Gasteiger partial charge in [-0.15, -0.1) is 0 Å². The van der Waals surface area contributed by atoms with E-state index in [1.165, 1.54) is 0 Å². The molecule has 1 saturated carbocycles. The van der Waals surface area contributed by atoms with Crippen LogP contribution in [0.2, 0.25) is 0 Å². The van der Waals surface area contributed by atoms with E-state index in [9.17, 15) is 0 Å². The zero-order valence-electron chi connectivity index (χ0n) is 6.05. The summed E-state index contributed by atoms with van der Waals surface area (Å²) in [6.45, 7) is 2.38. The van der Waals surface area contributed by atoms with E-state index >= 15 is 0 Å². The SMILES string of the molecule is COC1CC(C)(CO)C1. The molecule has 0 atom stereocenters. The number of ether oxygens (including phenoxy) is 1. The van der Waals surface area contributed by atoms with Gasteiger partial charge in [0, 0.05) is 13.7 Å². The Labute approximate surface area is 55.8 Å². The summed E-state index contributed by atoms with van der Waals surface area (Å²) < 4.78 is 5.07. The van der Waals surface area contributed by atoms with E-state index in [1.54, 1.807) is 7.11 Å². The Bertz CT molecular complexity index is 95.1. The second kappa shape index (κ2) is 2.27. The number of rotatable bonds is 2. The third-order valence-electron chi connectivity index (χ3n) is 2.16. The normalized spacial score (nSPS) is 42.3. The van der Waals surface area contributed by atoms with Gasteiger partial charge in [-0.3, -0.25) is 0 Å². The molecule has 0 amide bonds. The van der Waals surface area contributed by atoms with Crippen molar-refractivity contribution in [1.82, 2.24) is 0 Å². The minimum absolute atomic E-state index is 0.167. The molecule has 0 aromatic rings. The van der Waals surface area contributed by atoms with E-state index in [2.05, 4.69) is 6.92 Å². The smallest absolute Gasteiger partial charge is 0.0583 e. The van der Waals surface area contributed by atoms with Gasteiger partial charge in [0.05, 0.1) is 6.10 Å². The Hall–Kier alpha value is -0.0800. The Morgan fingerprint density at radius 2 is 2.22 bits per heavy atom. The molecule has 1 rings (SSSR count). The molecule has 0 saturated heterocycles. The van der Waals surface area contributed by atoms with Gasteiger partial charge in [0.15, 0.2) is 0 Å². The van der Waals surface area contributed by atoms with Crippen molar-refractivity contribution in [2.24, 2.45) is 5.41 Å². The van der Waals surface area contributed by atoms with Crippen molar-refractivity contribution in [3.8, 4) is 0 Å². The molecule has 54 valence electrons. The van der Waals surface area contributed by atoms with Crippen molar-refractivity contribution >= 4 is 0 Å². The van der Waals surface area contributed by atoms with Gasteiger partial charge < -0.3 is 9.84 Å². The van der Waals surface area contributed by atoms with E-state index in [4.69, 9.17) is 9.84 Å². The molecule has 0 radical (unpaired) electrons. The average Bonchev–Trinajstić information content (AvgIpc) is 1.81. The van der Waals surface area contributed by atoms with Crippen molar-refractivity contribution in [2.45, 2.75) is 25.9 Å². The quantitative estimate of drug-likeness (QED) is 0.599. The lowest BCUT2D eigenvalue weighted by Crippen LogP contribution is -2.42. The molecule has 1 fully saturated rings. The van der Waals surface area contributed by atoms with Crippen molar-refractivity contribution in [2.75, 3.05) is 13.7 Å². The van der Waals surface area contributed by atoms with Gasteiger partial charge in [-0.25, -0.2) is 0 Å². The maximum atomic E-state index is 8.80. The lowest BCUT2D eigenvalue weighted by molar-refractivity contribution is -0.0739. The number of aliphatic hydroxyl groups is 1. The topological polar surface area (TPSA) is 29.5 Å². The maximum Gasteiger partial charge on any atom is 0.0583 e. The molecule has 0 unspecified atom stereocenters. The molecule has 0 bridgehead atoms. The third-order valence-corrected chi connectivity index (χ3v) is 2.16. The van der Waals surface area contributed by atoms with Crippen molar-refractivity contribution in [3.05, 3.63) is 0 Å². The molecule has 0 aliphatic heterocycles. The van der Waals surface area contributed by atoms with Crippen molar-refractivity contribution in [1.29, 1.82) is 0 Å². The van der Waals surface area contributed by atoms with Gasteiger partial charge in [-0.05, 0) is 18.3 Å². The Morgan fingerprint density at radius 1 is 1.67 bits per heavy atom. The van der Waals surface area contributed by atoms with E-state index in [1.807, 2.05) is 0 Å². The predicted octanol–water partition coefficient (Wildman–Crippen LogP) is 0.794. The molecule has 2 heteroatoms. The number of hydrogen-bond donors (Lipinski definition) is 1. The van der Waals surface area contributed by atoms with Crippen molar-refractivity contribution < 1.29 is 9.84 Å².